The molecular formula is C24H36N4O4. The molecule has 2 aliphatic heterocycles. The van der Waals surface area contributed by atoms with Gasteiger partial charge in [-0.15, -0.1) is 0 Å². The second-order valence-electron chi connectivity index (χ2n) is 10.2. The van der Waals surface area contributed by atoms with E-state index in [1.54, 1.807) is 6.20 Å². The Balaban J connectivity index is 1.45. The molecule has 3 fully saturated rings. The number of carboxylic acid groups (broad SMARTS) is 1. The number of hydrogen-bond acceptors (Lipinski definition) is 5. The molecule has 1 aromatic rings. The van der Waals surface area contributed by atoms with Gasteiger partial charge in [-0.2, -0.15) is 0 Å². The number of pyridine rings is 1. The predicted octanol–water partition coefficient (Wildman–Crippen LogP) is 3.34. The van der Waals surface area contributed by atoms with Gasteiger partial charge in [0.05, 0.1) is 23.4 Å². The third-order valence-electron chi connectivity index (χ3n) is 7.38. The number of anilines is 2. The molecule has 8 heteroatoms. The molecule has 2 saturated heterocycles. The minimum Gasteiger partial charge on any atom is -0.465 e. The largest absolute Gasteiger partial charge is 0.465 e. The average molecular weight is 445 g/mol. The zero-order valence-electron chi connectivity index (χ0n) is 19.2. The van der Waals surface area contributed by atoms with Crippen LogP contribution in [0.2, 0.25) is 0 Å². The molecule has 1 atom stereocenters. The van der Waals surface area contributed by atoms with E-state index in [1.165, 1.54) is 4.90 Å². The number of carbonyl (C=O) groups excluding carboxylic acids is 1. The summed E-state index contributed by atoms with van der Waals surface area (Å²) >= 11 is 0. The molecule has 1 aliphatic carbocycles. The Morgan fingerprint density at radius 1 is 1.22 bits per heavy atom. The van der Waals surface area contributed by atoms with Crippen LogP contribution in [0.5, 0.6) is 0 Å². The molecule has 0 radical (unpaired) electrons. The second kappa shape index (κ2) is 9.25. The van der Waals surface area contributed by atoms with Crippen LogP contribution in [0.25, 0.3) is 0 Å². The predicted molar refractivity (Wildman–Crippen MR) is 123 cm³/mol. The lowest BCUT2D eigenvalue weighted by Crippen LogP contribution is -2.50. The molecule has 1 aromatic heterocycles. The summed E-state index contributed by atoms with van der Waals surface area (Å²) in [5.41, 5.74) is 0.226. The monoisotopic (exact) mass is 444 g/mol. The highest BCUT2D eigenvalue weighted by Crippen LogP contribution is 2.43. The maximum atomic E-state index is 13.5. The molecule has 8 nitrogen and oxygen atoms in total. The van der Waals surface area contributed by atoms with Crippen LogP contribution >= 0.6 is 0 Å². The molecule has 1 unspecified atom stereocenters. The third kappa shape index (κ3) is 4.56. The van der Waals surface area contributed by atoms with Crippen LogP contribution in [-0.4, -0.2) is 70.4 Å². The Morgan fingerprint density at radius 2 is 1.97 bits per heavy atom. The number of aromatic nitrogens is 1. The molecule has 1 spiro atoms. The lowest BCUT2D eigenvalue weighted by Gasteiger charge is -2.41. The zero-order chi connectivity index (χ0) is 22.9. The van der Waals surface area contributed by atoms with Crippen molar-refractivity contribution in [2.45, 2.75) is 70.9 Å². The molecule has 2 N–H and O–H groups in total. The van der Waals surface area contributed by atoms with Gasteiger partial charge < -0.3 is 20.0 Å². The van der Waals surface area contributed by atoms with Crippen molar-refractivity contribution in [2.75, 3.05) is 36.0 Å². The Hall–Kier alpha value is -2.35. The number of hydrogen-bond donors (Lipinski definition) is 2. The van der Waals surface area contributed by atoms with Crippen molar-refractivity contribution in [1.29, 1.82) is 0 Å². The number of aliphatic hydroxyl groups is 1. The number of piperidine rings is 1. The van der Waals surface area contributed by atoms with Crippen LogP contribution in [0.4, 0.5) is 16.3 Å². The molecule has 176 valence electrons. The van der Waals surface area contributed by atoms with E-state index in [0.717, 1.165) is 63.9 Å². The standard InChI is InChI=1S/C24H36N4O4/c1-17(2)15-28(23(31)32)19-6-9-21(25-14-19)26-12-3-10-24(16-26)11-13-27(22(24)30)18-4-7-20(29)8-5-18/h6,9,14,17-18,20,29H,3-5,7-8,10-13,15-16H2,1-2H3,(H,31,32)/t18-,20-,24?. The first-order valence-corrected chi connectivity index (χ1v) is 12.0. The first-order valence-electron chi connectivity index (χ1n) is 12.0. The number of amides is 2. The Morgan fingerprint density at radius 3 is 2.59 bits per heavy atom. The summed E-state index contributed by atoms with van der Waals surface area (Å²) in [5.74, 6) is 1.29. The molecule has 3 aliphatic rings. The zero-order valence-corrected chi connectivity index (χ0v) is 19.2. The fourth-order valence-electron chi connectivity index (χ4n) is 5.66. The highest BCUT2D eigenvalue weighted by molar-refractivity contribution is 5.87. The van der Waals surface area contributed by atoms with E-state index in [2.05, 4.69) is 14.8 Å². The van der Waals surface area contributed by atoms with Gasteiger partial charge in [0.25, 0.3) is 0 Å². The summed E-state index contributed by atoms with van der Waals surface area (Å²) in [4.78, 5) is 35.3. The second-order valence-corrected chi connectivity index (χ2v) is 10.2. The highest BCUT2D eigenvalue weighted by atomic mass is 16.4. The van der Waals surface area contributed by atoms with Crippen LogP contribution in [0, 0.1) is 11.3 Å². The van der Waals surface area contributed by atoms with E-state index < -0.39 is 6.09 Å². The molecule has 3 heterocycles. The molecule has 4 rings (SSSR count). The summed E-state index contributed by atoms with van der Waals surface area (Å²) < 4.78 is 0. The van der Waals surface area contributed by atoms with Gasteiger partial charge in [0.2, 0.25) is 5.91 Å². The highest BCUT2D eigenvalue weighted by Gasteiger charge is 2.50. The molecule has 2 amide bonds. The molecule has 0 bridgehead atoms. The van der Waals surface area contributed by atoms with Crippen molar-refractivity contribution in [3.05, 3.63) is 18.3 Å². The Labute approximate surface area is 190 Å². The van der Waals surface area contributed by atoms with Crippen LogP contribution < -0.4 is 9.80 Å². The Kier molecular flexibility index (Phi) is 6.60. The fraction of sp³-hybridized carbons (Fsp3) is 0.708. The average Bonchev–Trinajstić information content (AvgIpc) is 3.08. The minimum atomic E-state index is -0.975. The van der Waals surface area contributed by atoms with Gasteiger partial charge in [0, 0.05) is 32.2 Å². The first kappa shape index (κ1) is 22.8. The number of aliphatic hydroxyl groups excluding tert-OH is 1. The van der Waals surface area contributed by atoms with E-state index in [1.807, 2.05) is 26.0 Å². The van der Waals surface area contributed by atoms with E-state index in [4.69, 9.17) is 0 Å². The Bertz CT molecular complexity index is 822. The van der Waals surface area contributed by atoms with Crippen molar-refractivity contribution < 1.29 is 19.8 Å². The smallest absolute Gasteiger partial charge is 0.411 e. The normalized spacial score (nSPS) is 28.6. The van der Waals surface area contributed by atoms with Gasteiger partial charge >= 0.3 is 6.09 Å². The third-order valence-corrected chi connectivity index (χ3v) is 7.38. The van der Waals surface area contributed by atoms with Crippen LogP contribution in [0.1, 0.15) is 58.8 Å². The summed E-state index contributed by atoms with van der Waals surface area (Å²) in [6, 6.07) is 3.96. The number of likely N-dealkylation sites (tertiary alicyclic amines) is 1. The van der Waals surface area contributed by atoms with Gasteiger partial charge in [0.15, 0.2) is 0 Å². The SMILES string of the molecule is CC(C)CN(C(=O)O)c1ccc(N2CCCC3(CCN([C@H]4CC[C@H](O)CC4)C3=O)C2)nc1. The number of nitrogens with zero attached hydrogens (tertiary/aromatic N) is 4. The van der Waals surface area contributed by atoms with Gasteiger partial charge in [-0.25, -0.2) is 9.78 Å². The lowest BCUT2D eigenvalue weighted by atomic mass is 9.78. The first-order chi connectivity index (χ1) is 15.3. The van der Waals surface area contributed by atoms with E-state index >= 15 is 0 Å². The van der Waals surface area contributed by atoms with Crippen LogP contribution in [-0.2, 0) is 4.79 Å². The van der Waals surface area contributed by atoms with Gasteiger partial charge in [-0.05, 0) is 63.0 Å². The van der Waals surface area contributed by atoms with Gasteiger partial charge in [-0.3, -0.25) is 9.69 Å². The van der Waals surface area contributed by atoms with Crippen LogP contribution in [0.3, 0.4) is 0 Å². The van der Waals surface area contributed by atoms with Crippen molar-refractivity contribution in [3.8, 4) is 0 Å². The summed E-state index contributed by atoms with van der Waals surface area (Å²) in [5, 5.41) is 19.4. The summed E-state index contributed by atoms with van der Waals surface area (Å²) in [6.45, 7) is 6.73. The fourth-order valence-corrected chi connectivity index (χ4v) is 5.66. The number of carbonyl (C=O) groups is 2. The summed E-state index contributed by atoms with van der Waals surface area (Å²) in [7, 11) is 0. The van der Waals surface area contributed by atoms with Crippen molar-refractivity contribution in [1.82, 2.24) is 9.88 Å². The quantitative estimate of drug-likeness (QED) is 0.723. The maximum Gasteiger partial charge on any atom is 0.411 e. The molecular weight excluding hydrogens is 408 g/mol. The maximum absolute atomic E-state index is 13.5. The van der Waals surface area contributed by atoms with Crippen molar-refractivity contribution in [2.24, 2.45) is 11.3 Å². The summed E-state index contributed by atoms with van der Waals surface area (Å²) in [6.07, 6.45) is 6.53. The topological polar surface area (TPSA) is 97.2 Å². The minimum absolute atomic E-state index is 0.213. The van der Waals surface area contributed by atoms with E-state index in [9.17, 15) is 19.8 Å². The van der Waals surface area contributed by atoms with Gasteiger partial charge in [-0.1, -0.05) is 13.8 Å². The van der Waals surface area contributed by atoms with Crippen molar-refractivity contribution in [3.63, 3.8) is 0 Å². The van der Waals surface area contributed by atoms with Crippen LogP contribution in [0.15, 0.2) is 18.3 Å². The van der Waals surface area contributed by atoms with Gasteiger partial charge in [0.1, 0.15) is 5.82 Å². The molecule has 0 aromatic carbocycles. The van der Waals surface area contributed by atoms with Crippen molar-refractivity contribution >= 4 is 23.5 Å². The lowest BCUT2D eigenvalue weighted by molar-refractivity contribution is -0.139. The van der Waals surface area contributed by atoms with E-state index in [0.29, 0.717) is 18.8 Å². The number of rotatable bonds is 5. The molecule has 1 saturated carbocycles. The molecule has 32 heavy (non-hydrogen) atoms. The van der Waals surface area contributed by atoms with E-state index in [-0.39, 0.29) is 29.4 Å².